The summed E-state index contributed by atoms with van der Waals surface area (Å²) >= 11 is 0. The van der Waals surface area contributed by atoms with Gasteiger partial charge in [-0.05, 0) is 45.9 Å². The molecule has 0 fully saturated rings. The number of ether oxygens (including phenoxy) is 1. The minimum absolute atomic E-state index is 0.0301. The van der Waals surface area contributed by atoms with E-state index in [4.69, 9.17) is 4.74 Å². The van der Waals surface area contributed by atoms with Crippen molar-refractivity contribution in [3.63, 3.8) is 0 Å². The van der Waals surface area contributed by atoms with E-state index in [2.05, 4.69) is 17.2 Å². The number of likely N-dealkylation sites (N-methyl/N-ethyl adjacent to an activating group) is 1. The minimum Gasteiger partial charge on any atom is -0.487 e. The summed E-state index contributed by atoms with van der Waals surface area (Å²) in [7, 11) is -2.31. The second kappa shape index (κ2) is 11.2. The predicted octanol–water partition coefficient (Wildman–Crippen LogP) is 1.24. The fraction of sp³-hybridized carbons (Fsp3) is 0.609. The molecule has 10 heteroatoms. The Kier molecular flexibility index (Phi) is 9.14. The van der Waals surface area contributed by atoms with E-state index in [1.807, 2.05) is 20.8 Å². The van der Waals surface area contributed by atoms with Crippen LogP contribution in [0.2, 0.25) is 0 Å². The Bertz CT molecular complexity index is 999. The molecule has 2 rings (SSSR count). The van der Waals surface area contributed by atoms with Crippen LogP contribution in [-0.4, -0.2) is 84.9 Å². The Morgan fingerprint density at radius 3 is 2.58 bits per heavy atom. The van der Waals surface area contributed by atoms with E-state index in [0.717, 1.165) is 0 Å². The largest absolute Gasteiger partial charge is 0.487 e. The molecule has 0 aliphatic carbocycles. The number of fused-ring (bicyclic) bond motifs is 1. The van der Waals surface area contributed by atoms with Gasteiger partial charge in [0.25, 0.3) is 0 Å². The van der Waals surface area contributed by atoms with Gasteiger partial charge < -0.3 is 25.2 Å². The van der Waals surface area contributed by atoms with Gasteiger partial charge in [0.1, 0.15) is 22.9 Å². The van der Waals surface area contributed by atoms with Crippen LogP contribution in [0.15, 0.2) is 23.1 Å². The number of carbonyl (C=O) groups excluding carboxylic acids is 1. The highest BCUT2D eigenvalue weighted by atomic mass is 32.2. The molecular formula is C23H35N3O6S. The first kappa shape index (κ1) is 26.9. The summed E-state index contributed by atoms with van der Waals surface area (Å²) in [6.07, 6.45) is -1.35. The Balaban J connectivity index is 2.53. The second-order valence-corrected chi connectivity index (χ2v) is 10.7. The molecule has 2 amide bonds. The average Bonchev–Trinajstić information content (AvgIpc) is 2.73. The number of carbonyl (C=O) groups is 1. The number of sulfonamides is 1. The molecule has 0 bridgehead atoms. The number of benzene rings is 1. The molecule has 184 valence electrons. The smallest absolute Gasteiger partial charge is 0.317 e. The van der Waals surface area contributed by atoms with E-state index >= 15 is 0 Å². The lowest BCUT2D eigenvalue weighted by atomic mass is 10.0. The van der Waals surface area contributed by atoms with Crippen molar-refractivity contribution >= 4 is 16.1 Å². The highest BCUT2D eigenvalue weighted by molar-refractivity contribution is 7.89. The molecule has 0 spiro atoms. The van der Waals surface area contributed by atoms with Crippen molar-refractivity contribution in [2.75, 3.05) is 26.7 Å². The summed E-state index contributed by atoms with van der Waals surface area (Å²) in [5, 5.41) is 22.0. The SMILES string of the molecule is CC(C)NC(=O)N(C)C[C@H]1Oc2cc(C#C[C@H](C)O)ccc2S(=O)(=O)N([C@@H](C)CO)C[C@@H]1C. The maximum atomic E-state index is 13.4. The first-order chi connectivity index (χ1) is 15.4. The number of rotatable bonds is 5. The van der Waals surface area contributed by atoms with Crippen LogP contribution in [0.4, 0.5) is 4.79 Å². The van der Waals surface area contributed by atoms with Crippen molar-refractivity contribution in [3.8, 4) is 17.6 Å². The molecule has 1 aromatic carbocycles. The van der Waals surface area contributed by atoms with Crippen molar-refractivity contribution in [3.05, 3.63) is 23.8 Å². The minimum atomic E-state index is -3.96. The molecule has 0 saturated carbocycles. The molecule has 1 aliphatic heterocycles. The molecule has 3 N–H and O–H groups in total. The van der Waals surface area contributed by atoms with Crippen molar-refractivity contribution in [1.82, 2.24) is 14.5 Å². The average molecular weight is 482 g/mol. The van der Waals surface area contributed by atoms with Crippen LogP contribution in [0.3, 0.4) is 0 Å². The van der Waals surface area contributed by atoms with Crippen LogP contribution in [-0.2, 0) is 10.0 Å². The molecule has 1 heterocycles. The molecular weight excluding hydrogens is 446 g/mol. The van der Waals surface area contributed by atoms with Crippen LogP contribution in [0.25, 0.3) is 0 Å². The maximum Gasteiger partial charge on any atom is 0.317 e. The van der Waals surface area contributed by atoms with Gasteiger partial charge in [-0.3, -0.25) is 0 Å². The monoisotopic (exact) mass is 481 g/mol. The maximum absolute atomic E-state index is 13.4. The van der Waals surface area contributed by atoms with E-state index in [0.29, 0.717) is 5.56 Å². The Morgan fingerprint density at radius 1 is 1.33 bits per heavy atom. The lowest BCUT2D eigenvalue weighted by Crippen LogP contribution is -2.51. The van der Waals surface area contributed by atoms with Gasteiger partial charge in [-0.1, -0.05) is 18.8 Å². The van der Waals surface area contributed by atoms with Crippen molar-refractivity contribution < 1.29 is 28.2 Å². The molecule has 1 aromatic rings. The number of hydrogen-bond acceptors (Lipinski definition) is 6. The Labute approximate surface area is 196 Å². The zero-order valence-electron chi connectivity index (χ0n) is 20.1. The second-order valence-electron chi connectivity index (χ2n) is 8.83. The van der Waals surface area contributed by atoms with Crippen LogP contribution < -0.4 is 10.1 Å². The summed E-state index contributed by atoms with van der Waals surface area (Å²) in [6, 6.07) is 3.59. The first-order valence-corrected chi connectivity index (χ1v) is 12.5. The quantitative estimate of drug-likeness (QED) is 0.545. The number of hydrogen-bond donors (Lipinski definition) is 3. The molecule has 1 aliphatic rings. The van der Waals surface area contributed by atoms with Gasteiger partial charge in [0, 0.05) is 37.2 Å². The number of nitrogens with one attached hydrogen (secondary N) is 1. The normalized spacial score (nSPS) is 22.0. The van der Waals surface area contributed by atoms with Gasteiger partial charge in [-0.2, -0.15) is 4.31 Å². The number of urea groups is 1. The Morgan fingerprint density at radius 2 is 2.00 bits per heavy atom. The van der Waals surface area contributed by atoms with Crippen molar-refractivity contribution in [2.24, 2.45) is 5.92 Å². The van der Waals surface area contributed by atoms with E-state index in [-0.39, 0.29) is 48.3 Å². The predicted molar refractivity (Wildman–Crippen MR) is 125 cm³/mol. The standard InChI is InChI=1S/C23H35N3O6S/c1-15(2)24-23(29)25(6)13-21-16(3)12-26(17(4)14-27)33(30,31)22-10-9-19(8-7-18(5)28)11-20(22)32-21/h9-11,15-18,21,27-28H,12-14H2,1-6H3,(H,24,29)/t16-,17-,18-,21+/m0/s1. The van der Waals surface area contributed by atoms with Gasteiger partial charge >= 0.3 is 6.03 Å². The lowest BCUT2D eigenvalue weighted by Gasteiger charge is -2.37. The number of aliphatic hydroxyl groups excluding tert-OH is 2. The van der Waals surface area contributed by atoms with Gasteiger partial charge in [0.15, 0.2) is 0 Å². The van der Waals surface area contributed by atoms with Crippen LogP contribution >= 0.6 is 0 Å². The summed E-state index contributed by atoms with van der Waals surface area (Å²) in [5.74, 6) is 5.27. The molecule has 0 radical (unpaired) electrons. The lowest BCUT2D eigenvalue weighted by molar-refractivity contribution is 0.0809. The number of nitrogens with zero attached hydrogens (tertiary/aromatic N) is 2. The molecule has 33 heavy (non-hydrogen) atoms. The summed E-state index contributed by atoms with van der Waals surface area (Å²) in [5.41, 5.74) is 0.490. The third-order valence-electron chi connectivity index (χ3n) is 5.31. The van der Waals surface area contributed by atoms with E-state index in [9.17, 15) is 23.4 Å². The van der Waals surface area contributed by atoms with Gasteiger partial charge in [-0.25, -0.2) is 13.2 Å². The zero-order chi connectivity index (χ0) is 24.9. The third kappa shape index (κ3) is 6.84. The highest BCUT2D eigenvalue weighted by Gasteiger charge is 2.38. The molecule has 0 unspecified atom stereocenters. The van der Waals surface area contributed by atoms with Crippen LogP contribution in [0.1, 0.15) is 40.2 Å². The van der Waals surface area contributed by atoms with Gasteiger partial charge in [-0.15, -0.1) is 0 Å². The third-order valence-corrected chi connectivity index (χ3v) is 7.32. The van der Waals surface area contributed by atoms with E-state index < -0.39 is 28.3 Å². The van der Waals surface area contributed by atoms with Crippen molar-refractivity contribution in [1.29, 1.82) is 0 Å². The Hall–Kier alpha value is -2.32. The van der Waals surface area contributed by atoms with Gasteiger partial charge in [0.2, 0.25) is 10.0 Å². The summed E-state index contributed by atoms with van der Waals surface area (Å²) < 4.78 is 34.4. The van der Waals surface area contributed by atoms with E-state index in [1.54, 1.807) is 20.0 Å². The molecule has 9 nitrogen and oxygen atoms in total. The van der Waals surface area contributed by atoms with E-state index in [1.165, 1.54) is 28.3 Å². The number of amides is 2. The zero-order valence-corrected chi connectivity index (χ0v) is 20.9. The summed E-state index contributed by atoms with van der Waals surface area (Å²) in [6.45, 7) is 8.78. The fourth-order valence-corrected chi connectivity index (χ4v) is 5.24. The summed E-state index contributed by atoms with van der Waals surface area (Å²) in [4.78, 5) is 13.9. The van der Waals surface area contributed by atoms with Crippen LogP contribution in [0.5, 0.6) is 5.75 Å². The number of aliphatic hydroxyl groups is 2. The van der Waals surface area contributed by atoms with Crippen LogP contribution in [0, 0.1) is 17.8 Å². The molecule has 4 atom stereocenters. The molecule has 0 saturated heterocycles. The molecule has 0 aromatic heterocycles. The first-order valence-electron chi connectivity index (χ1n) is 11.0. The fourth-order valence-electron chi connectivity index (χ4n) is 3.42. The van der Waals surface area contributed by atoms with Crippen molar-refractivity contribution in [2.45, 2.75) is 63.8 Å². The van der Waals surface area contributed by atoms with Gasteiger partial charge in [0.05, 0.1) is 13.2 Å². The highest BCUT2D eigenvalue weighted by Crippen LogP contribution is 2.34. The topological polar surface area (TPSA) is 119 Å².